The topological polar surface area (TPSA) is 73.0 Å². The third-order valence-corrected chi connectivity index (χ3v) is 5.05. The lowest BCUT2D eigenvalue weighted by atomic mass is 10.2. The largest absolute Gasteiger partial charge is 0.410 e. The zero-order valence-corrected chi connectivity index (χ0v) is 15.6. The van der Waals surface area contributed by atoms with Crippen LogP contribution in [0.1, 0.15) is 5.56 Å². The van der Waals surface area contributed by atoms with Crippen LogP contribution in [0.3, 0.4) is 0 Å². The van der Waals surface area contributed by atoms with Crippen molar-refractivity contribution in [3.63, 3.8) is 0 Å². The molecule has 6 nitrogen and oxygen atoms in total. The van der Waals surface area contributed by atoms with Crippen molar-refractivity contribution in [1.82, 2.24) is 20.1 Å². The summed E-state index contributed by atoms with van der Waals surface area (Å²) >= 11 is 1.23. The second-order valence-corrected chi connectivity index (χ2v) is 7.00. The number of aromatic nitrogens is 3. The van der Waals surface area contributed by atoms with Gasteiger partial charge in [0.15, 0.2) is 0 Å². The van der Waals surface area contributed by atoms with Gasteiger partial charge < -0.3 is 14.3 Å². The summed E-state index contributed by atoms with van der Waals surface area (Å²) < 4.78 is 7.75. The standard InChI is InChI=1S/C20H18N4O2S/c1-24-16-10-6-5-9-15(16)11-17(24)19-22-23-20(26-19)27-13-18(25)21-12-14-7-3-2-4-8-14/h2-11H,12-13H2,1H3,(H,21,25). The van der Waals surface area contributed by atoms with E-state index < -0.39 is 0 Å². The molecule has 1 amide bonds. The van der Waals surface area contributed by atoms with Gasteiger partial charge in [-0.05, 0) is 17.7 Å². The Kier molecular flexibility index (Phi) is 4.93. The molecule has 2 aromatic heterocycles. The average Bonchev–Trinajstić information content (AvgIpc) is 3.30. The van der Waals surface area contributed by atoms with Gasteiger partial charge in [-0.2, -0.15) is 0 Å². The molecule has 0 bridgehead atoms. The summed E-state index contributed by atoms with van der Waals surface area (Å²) in [5.74, 6) is 0.595. The molecule has 0 aliphatic rings. The fourth-order valence-corrected chi connectivity index (χ4v) is 3.43. The second kappa shape index (κ2) is 7.67. The van der Waals surface area contributed by atoms with Crippen LogP contribution in [0.5, 0.6) is 0 Å². The van der Waals surface area contributed by atoms with Crippen LogP contribution in [0.15, 0.2) is 70.3 Å². The lowest BCUT2D eigenvalue weighted by Crippen LogP contribution is -2.24. The molecule has 0 aliphatic carbocycles. The van der Waals surface area contributed by atoms with Gasteiger partial charge >= 0.3 is 0 Å². The van der Waals surface area contributed by atoms with Gasteiger partial charge in [0.05, 0.1) is 5.75 Å². The zero-order valence-electron chi connectivity index (χ0n) is 14.8. The highest BCUT2D eigenvalue weighted by atomic mass is 32.2. The van der Waals surface area contributed by atoms with E-state index in [0.717, 1.165) is 22.2 Å². The molecule has 27 heavy (non-hydrogen) atoms. The Morgan fingerprint density at radius 2 is 1.89 bits per heavy atom. The van der Waals surface area contributed by atoms with E-state index in [-0.39, 0.29) is 11.7 Å². The Morgan fingerprint density at radius 3 is 2.70 bits per heavy atom. The van der Waals surface area contributed by atoms with Crippen LogP contribution in [-0.4, -0.2) is 26.4 Å². The van der Waals surface area contributed by atoms with E-state index in [4.69, 9.17) is 4.42 Å². The number of benzene rings is 2. The maximum Gasteiger partial charge on any atom is 0.277 e. The second-order valence-electron chi connectivity index (χ2n) is 6.07. The number of carbonyl (C=O) groups is 1. The first-order chi connectivity index (χ1) is 13.2. The number of fused-ring (bicyclic) bond motifs is 1. The van der Waals surface area contributed by atoms with E-state index in [1.807, 2.05) is 72.3 Å². The fourth-order valence-electron chi connectivity index (χ4n) is 2.84. The quantitative estimate of drug-likeness (QED) is 0.519. The Labute approximate surface area is 160 Å². The smallest absolute Gasteiger partial charge is 0.277 e. The number of aryl methyl sites for hydroxylation is 1. The number of rotatable bonds is 6. The predicted molar refractivity (Wildman–Crippen MR) is 105 cm³/mol. The molecule has 0 spiro atoms. The van der Waals surface area contributed by atoms with E-state index in [1.165, 1.54) is 11.8 Å². The number of hydrogen-bond donors (Lipinski definition) is 1. The Bertz CT molecular complexity index is 1070. The first-order valence-corrected chi connectivity index (χ1v) is 9.51. The minimum atomic E-state index is -0.0757. The van der Waals surface area contributed by atoms with Gasteiger partial charge in [0.25, 0.3) is 11.1 Å². The number of nitrogens with one attached hydrogen (secondary N) is 1. The summed E-state index contributed by atoms with van der Waals surface area (Å²) in [4.78, 5) is 12.0. The van der Waals surface area contributed by atoms with Crippen LogP contribution in [0.2, 0.25) is 0 Å². The lowest BCUT2D eigenvalue weighted by Gasteiger charge is -2.03. The third kappa shape index (κ3) is 3.88. The SMILES string of the molecule is Cn1c(-c2nnc(SCC(=O)NCc3ccccc3)o2)cc2ccccc21. The van der Waals surface area contributed by atoms with Crippen molar-refractivity contribution in [2.45, 2.75) is 11.8 Å². The number of nitrogens with zero attached hydrogens (tertiary/aromatic N) is 3. The van der Waals surface area contributed by atoms with Crippen LogP contribution in [-0.2, 0) is 18.4 Å². The molecule has 2 aromatic carbocycles. The van der Waals surface area contributed by atoms with Crippen LogP contribution in [0, 0.1) is 0 Å². The van der Waals surface area contributed by atoms with E-state index in [0.29, 0.717) is 17.7 Å². The molecular weight excluding hydrogens is 360 g/mol. The van der Waals surface area contributed by atoms with Gasteiger partial charge in [-0.1, -0.05) is 60.3 Å². The van der Waals surface area contributed by atoms with E-state index in [9.17, 15) is 4.79 Å². The monoisotopic (exact) mass is 378 g/mol. The summed E-state index contributed by atoms with van der Waals surface area (Å²) in [5, 5.41) is 12.5. The van der Waals surface area contributed by atoms with Crippen LogP contribution in [0.25, 0.3) is 22.5 Å². The van der Waals surface area contributed by atoms with Crippen molar-refractivity contribution in [3.8, 4) is 11.6 Å². The molecule has 0 radical (unpaired) electrons. The van der Waals surface area contributed by atoms with Gasteiger partial charge in [-0.15, -0.1) is 10.2 Å². The minimum Gasteiger partial charge on any atom is -0.410 e. The molecule has 0 fully saturated rings. The molecule has 1 N–H and O–H groups in total. The lowest BCUT2D eigenvalue weighted by molar-refractivity contribution is -0.118. The number of thioether (sulfide) groups is 1. The van der Waals surface area contributed by atoms with Crippen molar-refractivity contribution in [1.29, 1.82) is 0 Å². The Balaban J connectivity index is 1.38. The van der Waals surface area contributed by atoms with Crippen LogP contribution < -0.4 is 5.32 Å². The molecule has 7 heteroatoms. The highest BCUT2D eigenvalue weighted by Crippen LogP contribution is 2.28. The van der Waals surface area contributed by atoms with Gasteiger partial charge in [0.1, 0.15) is 5.69 Å². The summed E-state index contributed by atoms with van der Waals surface area (Å²) in [6.45, 7) is 0.505. The molecule has 0 atom stereocenters. The van der Waals surface area contributed by atoms with E-state index in [1.54, 1.807) is 0 Å². The molecule has 2 heterocycles. The Morgan fingerprint density at radius 1 is 1.11 bits per heavy atom. The first-order valence-electron chi connectivity index (χ1n) is 8.52. The zero-order chi connectivity index (χ0) is 18.6. The molecule has 0 saturated heterocycles. The summed E-state index contributed by atoms with van der Waals surface area (Å²) in [5.41, 5.74) is 3.01. The van der Waals surface area contributed by atoms with E-state index in [2.05, 4.69) is 15.5 Å². The molecule has 0 unspecified atom stereocenters. The molecule has 0 saturated carbocycles. The molecular formula is C20H18N4O2S. The number of hydrogen-bond acceptors (Lipinski definition) is 5. The average molecular weight is 378 g/mol. The van der Waals surface area contributed by atoms with Gasteiger partial charge in [-0.25, -0.2) is 0 Å². The summed E-state index contributed by atoms with van der Waals surface area (Å²) in [6.07, 6.45) is 0. The van der Waals surface area contributed by atoms with Gasteiger partial charge in [0, 0.05) is 24.5 Å². The van der Waals surface area contributed by atoms with Crippen molar-refractivity contribution >= 4 is 28.6 Å². The highest BCUT2D eigenvalue weighted by Gasteiger charge is 2.15. The van der Waals surface area contributed by atoms with Gasteiger partial charge in [0.2, 0.25) is 5.91 Å². The number of amides is 1. The number of carbonyl (C=O) groups excluding carboxylic acids is 1. The summed E-state index contributed by atoms with van der Waals surface area (Å²) in [7, 11) is 1.96. The fraction of sp³-hybridized carbons (Fsp3) is 0.150. The molecule has 0 aliphatic heterocycles. The molecule has 136 valence electrons. The maximum atomic E-state index is 12.0. The maximum absolute atomic E-state index is 12.0. The van der Waals surface area contributed by atoms with Crippen molar-refractivity contribution in [2.75, 3.05) is 5.75 Å². The molecule has 4 rings (SSSR count). The van der Waals surface area contributed by atoms with Crippen molar-refractivity contribution in [3.05, 3.63) is 66.2 Å². The normalized spacial score (nSPS) is 11.0. The summed E-state index contributed by atoms with van der Waals surface area (Å²) in [6, 6.07) is 19.9. The van der Waals surface area contributed by atoms with Crippen molar-refractivity contribution < 1.29 is 9.21 Å². The highest BCUT2D eigenvalue weighted by molar-refractivity contribution is 7.99. The predicted octanol–water partition coefficient (Wildman–Crippen LogP) is 3.64. The molecule has 4 aromatic rings. The third-order valence-electron chi connectivity index (χ3n) is 4.24. The van der Waals surface area contributed by atoms with Crippen molar-refractivity contribution in [2.24, 2.45) is 7.05 Å². The van der Waals surface area contributed by atoms with Crippen LogP contribution >= 0.6 is 11.8 Å². The van der Waals surface area contributed by atoms with Crippen LogP contribution in [0.4, 0.5) is 0 Å². The van der Waals surface area contributed by atoms with Gasteiger partial charge in [-0.3, -0.25) is 4.79 Å². The minimum absolute atomic E-state index is 0.0757. The Hall–Kier alpha value is -3.06. The van der Waals surface area contributed by atoms with E-state index >= 15 is 0 Å². The first kappa shape index (κ1) is 17.4. The number of para-hydroxylation sites is 1.